The third-order valence-electron chi connectivity index (χ3n) is 18.6. The van der Waals surface area contributed by atoms with Crippen LogP contribution in [0.15, 0.2) is 44.9 Å². The molecule has 0 bridgehead atoms. The van der Waals surface area contributed by atoms with Crippen molar-refractivity contribution in [1.82, 2.24) is 31.9 Å². The van der Waals surface area contributed by atoms with E-state index in [-0.39, 0.29) is 259 Å². The molecule has 120 heavy (non-hydrogen) atoms. The number of guanidine groups is 9. The van der Waals surface area contributed by atoms with Gasteiger partial charge in [-0.25, -0.2) is 0 Å². The second kappa shape index (κ2) is 62.3. The van der Waals surface area contributed by atoms with Crippen LogP contribution in [0.1, 0.15) is 187 Å². The second-order valence-corrected chi connectivity index (χ2v) is 29.2. The SMILES string of the molecule is CCCC(=O)N[C@@H](C)C(=O)CCC(=O)N[C@H](CCCN=C(N)N)C(=O)C[C@H](CCCN=C(N)N)C(=O)N[C@H](CCCN=C(N)N)C(=O)C[C@H](CCCN=C(N)N)C(=O)N[C@H](CCCN=C(N)N)C(=O)C[C@H](CCCN=C(N)N)C(=O)N[C@H](CCCN=C(N)N)C(=O)C[C@H](CCCN=C(N)N)C(=O)N[C@H](CCCN=C(N)N)C(=O)C[C@H](CS)C(N)=O. The lowest BCUT2D eigenvalue weighted by Crippen LogP contribution is -2.49. The summed E-state index contributed by atoms with van der Waals surface area (Å²) in [5.74, 6) is -17.6. The van der Waals surface area contributed by atoms with Crippen molar-refractivity contribution in [3.8, 4) is 0 Å². The molecule has 0 rings (SSSR count). The molecule has 11 atom stereocenters. The lowest BCUT2D eigenvalue weighted by Gasteiger charge is -2.27. The number of nitrogens with zero attached hydrogens (tertiary/aromatic N) is 9. The summed E-state index contributed by atoms with van der Waals surface area (Å²) in [6.45, 7) is 3.12. The monoisotopic (exact) mass is 1720 g/mol. The summed E-state index contributed by atoms with van der Waals surface area (Å²) < 4.78 is 0. The van der Waals surface area contributed by atoms with Crippen LogP contribution in [0.4, 0.5) is 0 Å². The average Bonchev–Trinajstić information content (AvgIpc) is 1.45. The number of rotatable bonds is 69. The van der Waals surface area contributed by atoms with Crippen LogP contribution in [0.2, 0.25) is 0 Å². The van der Waals surface area contributed by atoms with E-state index in [0.717, 1.165) is 0 Å². The van der Waals surface area contributed by atoms with Gasteiger partial charge in [0.1, 0.15) is 0 Å². The van der Waals surface area contributed by atoms with E-state index in [0.29, 0.717) is 6.42 Å². The fourth-order valence-corrected chi connectivity index (χ4v) is 12.6. The molecule has 47 nitrogen and oxygen atoms in total. The molecular formula is C72H136N34O13S. The lowest BCUT2D eigenvalue weighted by molar-refractivity contribution is -0.136. The van der Waals surface area contributed by atoms with Crippen molar-refractivity contribution in [3.63, 3.8) is 0 Å². The maximum Gasteiger partial charge on any atom is 0.224 e. The van der Waals surface area contributed by atoms with Gasteiger partial charge in [-0.05, 0) is 129 Å². The molecule has 678 valence electrons. The van der Waals surface area contributed by atoms with E-state index < -0.39 is 168 Å². The number of amides is 7. The van der Waals surface area contributed by atoms with Crippen molar-refractivity contribution < 1.29 is 62.3 Å². The third-order valence-corrected chi connectivity index (χ3v) is 19.0. The number of hydrogen-bond acceptors (Lipinski definition) is 23. The van der Waals surface area contributed by atoms with Gasteiger partial charge in [0.25, 0.3) is 0 Å². The summed E-state index contributed by atoms with van der Waals surface area (Å²) in [6.07, 6.45) is -2.71. The lowest BCUT2D eigenvalue weighted by atomic mass is 9.88. The first-order valence-electron chi connectivity index (χ1n) is 40.0. The Hall–Kier alpha value is -11.9. The normalized spacial score (nSPS) is 13.6. The molecule has 0 fully saturated rings. The van der Waals surface area contributed by atoms with Crippen LogP contribution >= 0.6 is 12.6 Å². The fourth-order valence-electron chi connectivity index (χ4n) is 12.3. The summed E-state index contributed by atoms with van der Waals surface area (Å²) >= 11 is 4.17. The molecule has 0 aromatic carbocycles. The van der Waals surface area contributed by atoms with Crippen molar-refractivity contribution in [1.29, 1.82) is 0 Å². The minimum Gasteiger partial charge on any atom is -0.370 e. The maximum absolute atomic E-state index is 15.2. The van der Waals surface area contributed by atoms with E-state index >= 15 is 19.2 Å². The van der Waals surface area contributed by atoms with E-state index in [1.54, 1.807) is 6.92 Å². The average molecular weight is 1720 g/mol. The highest BCUT2D eigenvalue weighted by Crippen LogP contribution is 2.24. The van der Waals surface area contributed by atoms with E-state index in [1.165, 1.54) is 6.92 Å². The van der Waals surface area contributed by atoms with Gasteiger partial charge in [-0.2, -0.15) is 12.6 Å². The molecule has 0 aliphatic carbocycles. The van der Waals surface area contributed by atoms with Gasteiger partial charge in [-0.15, -0.1) is 0 Å². The number of primary amides is 1. The highest BCUT2D eigenvalue weighted by molar-refractivity contribution is 7.80. The van der Waals surface area contributed by atoms with Crippen LogP contribution in [0.3, 0.4) is 0 Å². The van der Waals surface area contributed by atoms with Crippen molar-refractivity contribution >= 4 is 142 Å². The largest absolute Gasteiger partial charge is 0.370 e. The molecule has 0 spiro atoms. The number of Topliss-reactive ketones (excluding diaryl/α,β-unsaturated/α-hetero) is 6. The van der Waals surface area contributed by atoms with Crippen LogP contribution < -0.4 is 141 Å². The maximum atomic E-state index is 15.2. The molecule has 0 aliphatic heterocycles. The van der Waals surface area contributed by atoms with Crippen molar-refractivity contribution in [2.75, 3.05) is 64.7 Å². The molecule has 0 unspecified atom stereocenters. The molecule has 0 aromatic heterocycles. The van der Waals surface area contributed by atoms with Gasteiger partial charge in [-0.3, -0.25) is 107 Å². The van der Waals surface area contributed by atoms with E-state index in [9.17, 15) is 43.2 Å². The fraction of sp³-hybridized carbons (Fsp3) is 0.694. The Kier molecular flexibility index (Phi) is 56.1. The number of nitrogens with two attached hydrogens (primary N) is 19. The van der Waals surface area contributed by atoms with Gasteiger partial charge >= 0.3 is 0 Å². The van der Waals surface area contributed by atoms with Crippen molar-refractivity contribution in [2.45, 2.75) is 223 Å². The first-order chi connectivity index (χ1) is 56.6. The van der Waals surface area contributed by atoms with Gasteiger partial charge in [0.15, 0.2) is 88.3 Å². The number of ketones is 6. The minimum atomic E-state index is -1.46. The van der Waals surface area contributed by atoms with Crippen LogP contribution in [0.5, 0.6) is 0 Å². The minimum absolute atomic E-state index is 0.00440. The first kappa shape index (κ1) is 108. The Morgan fingerprint density at radius 2 is 0.458 bits per heavy atom. The number of nitrogens with one attached hydrogen (secondary N) is 6. The Balaban J connectivity index is 8.14. The molecule has 0 aromatic rings. The Morgan fingerprint density at radius 3 is 0.658 bits per heavy atom. The number of thiol groups is 1. The quantitative estimate of drug-likeness (QED) is 0.0116. The zero-order chi connectivity index (χ0) is 90.8. The smallest absolute Gasteiger partial charge is 0.224 e. The Bertz CT molecular complexity index is 3560. The number of carbonyl (C=O) groups is 13. The first-order valence-corrected chi connectivity index (χ1v) is 40.6. The summed E-state index contributed by atoms with van der Waals surface area (Å²) in [4.78, 5) is 221. The van der Waals surface area contributed by atoms with Crippen LogP contribution in [0, 0.1) is 29.6 Å². The Labute approximate surface area is 705 Å². The molecule has 0 aliphatic rings. The summed E-state index contributed by atoms with van der Waals surface area (Å²) in [7, 11) is 0. The summed E-state index contributed by atoms with van der Waals surface area (Å²) in [6, 6.07) is -7.72. The van der Waals surface area contributed by atoms with E-state index in [2.05, 4.69) is 89.5 Å². The predicted molar refractivity (Wildman–Crippen MR) is 464 cm³/mol. The summed E-state index contributed by atoms with van der Waals surface area (Å²) in [5.41, 5.74) is 107. The molecule has 0 heterocycles. The van der Waals surface area contributed by atoms with Crippen molar-refractivity contribution in [3.05, 3.63) is 0 Å². The number of aliphatic imine (C=N–C) groups is 9. The van der Waals surface area contributed by atoms with Crippen LogP contribution in [0.25, 0.3) is 0 Å². The van der Waals surface area contributed by atoms with Gasteiger partial charge in [0, 0.05) is 140 Å². The van der Waals surface area contributed by atoms with Gasteiger partial charge in [0.2, 0.25) is 41.4 Å². The van der Waals surface area contributed by atoms with Crippen molar-refractivity contribution in [2.24, 2.45) is 183 Å². The second-order valence-electron chi connectivity index (χ2n) is 28.8. The zero-order valence-electron chi connectivity index (χ0n) is 69.3. The highest BCUT2D eigenvalue weighted by atomic mass is 32.1. The standard InChI is InChI=1S/C72H136N34O13S/c1-3-13-57(113)101-40(2)51(107)23-24-58(114)102-46(18-8-29-96-68(82)83)52(108)34-41(14-4-25-92-64(74)75)60(116)103-47(19-9-30-97-69(84)85)53(109)35-42(15-5-26-93-65(76)77)61(117)104-48(20-10-31-98-70(86)87)54(110)36-43(16-6-27-94-66(78)79)62(118)105-49(21-11-32-99-71(88)89)55(111)37-44(17-7-28-95-67(80)81)63(119)106-50(22-12-33-100-72(90)91)56(112)38-45(39-120)59(73)115/h40-50,120H,3-39H2,1-2H3,(H2,73,115)(H,101,113)(H,102,114)(H,103,116)(H,104,117)(H,105,118)(H,106,119)(H4,74,75,92)(H4,76,77,93)(H4,78,79,94)(H4,80,81,95)(H4,82,83,96)(H4,84,85,97)(H4,86,87,98)(H4,88,89,99)(H4,90,91,100)/t40-,41-,42-,43-,44-,45+,46+,47+,48+,49+,50+/m0/s1. The summed E-state index contributed by atoms with van der Waals surface area (Å²) in [5, 5.41) is 16.4. The molecule has 0 radical (unpaired) electrons. The molecule has 44 N–H and O–H groups in total. The third kappa shape index (κ3) is 52.7. The van der Waals surface area contributed by atoms with E-state index in [4.69, 9.17) is 109 Å². The molecule has 0 saturated heterocycles. The molecule has 0 saturated carbocycles. The molecular weight excluding hydrogens is 1580 g/mol. The molecule has 48 heteroatoms. The topological polar surface area (TPSA) is 900 Å². The zero-order valence-corrected chi connectivity index (χ0v) is 70.2. The van der Waals surface area contributed by atoms with Crippen LogP contribution in [-0.4, -0.2) is 231 Å². The van der Waals surface area contributed by atoms with Gasteiger partial charge in [-0.1, -0.05) is 6.92 Å². The van der Waals surface area contributed by atoms with E-state index in [1.807, 2.05) is 0 Å². The number of carbonyl (C=O) groups excluding carboxylic acids is 13. The molecule has 7 amide bonds. The van der Waals surface area contributed by atoms with Gasteiger partial charge in [0.05, 0.1) is 42.2 Å². The van der Waals surface area contributed by atoms with Crippen LogP contribution in [-0.2, 0) is 62.3 Å². The Morgan fingerprint density at radius 1 is 0.258 bits per heavy atom. The highest BCUT2D eigenvalue weighted by Gasteiger charge is 2.37. The number of hydrogen-bond donors (Lipinski definition) is 26. The predicted octanol–water partition coefficient (Wildman–Crippen LogP) is -8.16. The van der Waals surface area contributed by atoms with Gasteiger partial charge < -0.3 is 141 Å².